The maximum Gasteiger partial charge on any atom is 0.524 e. The van der Waals surface area contributed by atoms with Crippen LogP contribution in [0.4, 0.5) is 0 Å². The van der Waals surface area contributed by atoms with Gasteiger partial charge in [0.25, 0.3) is 0 Å². The number of fused-ring (bicyclic) bond motifs is 1. The topological polar surface area (TPSA) is 96.2 Å². The molecule has 0 saturated heterocycles. The largest absolute Gasteiger partial charge is 0.524 e. The molecule has 2 N–H and O–H groups in total. The van der Waals surface area contributed by atoms with Crippen molar-refractivity contribution in [3.63, 3.8) is 0 Å². The van der Waals surface area contributed by atoms with E-state index in [1.54, 1.807) is 18.2 Å². The van der Waals surface area contributed by atoms with Crippen molar-refractivity contribution in [1.29, 1.82) is 0 Å². The molecule has 0 radical (unpaired) electrons. The minimum absolute atomic E-state index is 0.0269. The van der Waals surface area contributed by atoms with Crippen LogP contribution in [-0.2, 0) is 4.57 Å². The number of phosphoric acid groups is 1. The highest BCUT2D eigenvalue weighted by molar-refractivity contribution is 7.46. The van der Waals surface area contributed by atoms with Crippen molar-refractivity contribution in [3.8, 4) is 5.75 Å². The predicted octanol–water partition coefficient (Wildman–Crippen LogP) is 4.72. The molecule has 28 heavy (non-hydrogen) atoms. The number of hydrogen-bond acceptors (Lipinski definition) is 4. The Labute approximate surface area is 164 Å². The van der Waals surface area contributed by atoms with E-state index in [1.165, 1.54) is 12.1 Å². The Morgan fingerprint density at radius 2 is 1.79 bits per heavy atom. The van der Waals surface area contributed by atoms with Crippen LogP contribution < -0.4 is 4.52 Å². The van der Waals surface area contributed by atoms with Crippen LogP contribution in [0.15, 0.2) is 65.7 Å². The molecule has 6 nitrogen and oxygen atoms in total. The van der Waals surface area contributed by atoms with Crippen molar-refractivity contribution in [2.75, 3.05) is 0 Å². The van der Waals surface area contributed by atoms with Crippen LogP contribution in [0.2, 0.25) is 0 Å². The average molecular weight is 401 g/mol. The molecule has 1 atom stereocenters. The second kappa shape index (κ2) is 9.11. The van der Waals surface area contributed by atoms with Crippen molar-refractivity contribution in [1.82, 2.24) is 0 Å². The number of aliphatic imine (C=N–C) groups is 1. The molecule has 0 bridgehead atoms. The maximum atomic E-state index is 12.7. The van der Waals surface area contributed by atoms with Gasteiger partial charge in [0.15, 0.2) is 0 Å². The van der Waals surface area contributed by atoms with Gasteiger partial charge in [0, 0.05) is 0 Å². The van der Waals surface area contributed by atoms with Crippen LogP contribution in [-0.4, -0.2) is 27.8 Å². The molecule has 2 aromatic rings. The molecule has 0 aromatic heterocycles. The molecular weight excluding hydrogens is 377 g/mol. The first-order valence-electron chi connectivity index (χ1n) is 8.76. The lowest BCUT2D eigenvalue weighted by Crippen LogP contribution is -2.08. The summed E-state index contributed by atoms with van der Waals surface area (Å²) in [5.74, 6) is -0.372. The first kappa shape index (κ1) is 21.8. The van der Waals surface area contributed by atoms with Gasteiger partial charge in [-0.1, -0.05) is 62.4 Å². The van der Waals surface area contributed by atoms with E-state index in [0.717, 1.165) is 17.2 Å². The summed E-state index contributed by atoms with van der Waals surface area (Å²) >= 11 is 0. The molecular formula is C21H24NO5P. The van der Waals surface area contributed by atoms with Gasteiger partial charge in [-0.2, -0.15) is 0 Å². The molecule has 1 unspecified atom stereocenters. The van der Waals surface area contributed by atoms with E-state index in [-0.39, 0.29) is 17.4 Å². The molecule has 0 aliphatic rings. The summed E-state index contributed by atoms with van der Waals surface area (Å²) in [5, 5.41) is 1.44. The summed E-state index contributed by atoms with van der Waals surface area (Å²) < 4.78 is 16.1. The Balaban J connectivity index is 2.43. The molecule has 0 aliphatic heterocycles. The van der Waals surface area contributed by atoms with E-state index in [0.29, 0.717) is 11.3 Å². The van der Waals surface area contributed by atoms with Crippen LogP contribution >= 0.6 is 7.82 Å². The van der Waals surface area contributed by atoms with Crippen LogP contribution in [0.1, 0.15) is 31.1 Å². The van der Waals surface area contributed by atoms with Gasteiger partial charge in [0.05, 0.1) is 17.8 Å². The third-order valence-corrected chi connectivity index (χ3v) is 4.30. The number of hydrogen-bond donors (Lipinski definition) is 2. The predicted molar refractivity (Wildman–Crippen MR) is 112 cm³/mol. The highest BCUT2D eigenvalue weighted by Gasteiger charge is 2.21. The lowest BCUT2D eigenvalue weighted by Gasteiger charge is -2.12. The zero-order valence-corrected chi connectivity index (χ0v) is 17.0. The lowest BCUT2D eigenvalue weighted by atomic mass is 10.0. The van der Waals surface area contributed by atoms with Gasteiger partial charge in [-0.05, 0) is 35.7 Å². The minimum atomic E-state index is -4.83. The van der Waals surface area contributed by atoms with E-state index < -0.39 is 13.6 Å². The van der Waals surface area contributed by atoms with Gasteiger partial charge >= 0.3 is 7.82 Å². The third kappa shape index (κ3) is 6.27. The summed E-state index contributed by atoms with van der Waals surface area (Å²) in [5.41, 5.74) is 0.797. The molecule has 148 valence electrons. The van der Waals surface area contributed by atoms with Crippen molar-refractivity contribution >= 4 is 30.6 Å². The molecule has 0 saturated carbocycles. The quantitative estimate of drug-likeness (QED) is 0.289. The van der Waals surface area contributed by atoms with Gasteiger partial charge in [-0.3, -0.25) is 19.6 Å². The number of nitrogens with zero attached hydrogens (tertiary/aromatic N) is 1. The SMILES string of the molecule is C=C(C)C(/C=C\C(C)C)N=CC(=O)c1cc2ccccc2cc1OP(=O)(O)O. The van der Waals surface area contributed by atoms with Gasteiger partial charge in [-0.25, -0.2) is 4.57 Å². The van der Waals surface area contributed by atoms with Crippen LogP contribution in [0.3, 0.4) is 0 Å². The Hall–Kier alpha value is -2.53. The number of carbonyl (C=O) groups is 1. The second-order valence-electron chi connectivity index (χ2n) is 6.84. The molecule has 2 rings (SSSR count). The van der Waals surface area contributed by atoms with Gasteiger partial charge in [0.2, 0.25) is 5.78 Å². The lowest BCUT2D eigenvalue weighted by molar-refractivity contribution is 0.106. The number of ketones is 1. The number of phosphoric ester groups is 1. The maximum absolute atomic E-state index is 12.7. The second-order valence-corrected chi connectivity index (χ2v) is 8.00. The smallest absolute Gasteiger partial charge is 0.403 e. The first-order chi connectivity index (χ1) is 13.1. The summed E-state index contributed by atoms with van der Waals surface area (Å²) in [6, 6.07) is 9.76. The highest BCUT2D eigenvalue weighted by Crippen LogP contribution is 2.40. The summed E-state index contributed by atoms with van der Waals surface area (Å²) in [6.45, 7) is 9.76. The Kier molecular flexibility index (Phi) is 7.08. The van der Waals surface area contributed by atoms with Crippen molar-refractivity contribution in [3.05, 3.63) is 66.3 Å². The molecule has 0 fully saturated rings. The summed E-state index contributed by atoms with van der Waals surface area (Å²) in [7, 11) is -4.83. The Morgan fingerprint density at radius 1 is 1.18 bits per heavy atom. The molecule has 0 amide bonds. The zero-order chi connectivity index (χ0) is 20.9. The van der Waals surface area contributed by atoms with Crippen LogP contribution in [0.25, 0.3) is 10.8 Å². The van der Waals surface area contributed by atoms with E-state index >= 15 is 0 Å². The first-order valence-corrected chi connectivity index (χ1v) is 10.3. The van der Waals surface area contributed by atoms with Crippen LogP contribution in [0.5, 0.6) is 5.75 Å². The number of allylic oxidation sites excluding steroid dienone is 1. The average Bonchev–Trinajstić information content (AvgIpc) is 2.58. The third-order valence-electron chi connectivity index (χ3n) is 3.87. The summed E-state index contributed by atoms with van der Waals surface area (Å²) in [6.07, 6.45) is 4.98. The monoisotopic (exact) mass is 401 g/mol. The Morgan fingerprint density at radius 3 is 2.32 bits per heavy atom. The normalized spacial score (nSPS) is 13.5. The fraction of sp³-hybridized carbons (Fsp3) is 0.238. The standard InChI is InChI=1S/C21H24NO5P/c1-14(2)9-10-19(15(3)4)22-13-20(23)18-11-16-7-5-6-8-17(16)12-21(18)27-28(24,25)26/h5-14,19H,3H2,1-2,4H3,(H2,24,25,26)/b10-9-,22-13?. The number of rotatable bonds is 8. The minimum Gasteiger partial charge on any atom is -0.403 e. The van der Waals surface area contributed by atoms with E-state index in [9.17, 15) is 19.1 Å². The van der Waals surface area contributed by atoms with E-state index in [1.807, 2.05) is 39.0 Å². The molecule has 0 spiro atoms. The molecule has 2 aromatic carbocycles. The van der Waals surface area contributed by atoms with Crippen LogP contribution in [0, 0.1) is 5.92 Å². The van der Waals surface area contributed by atoms with Crippen molar-refractivity contribution in [2.24, 2.45) is 10.9 Å². The van der Waals surface area contributed by atoms with Crippen molar-refractivity contribution in [2.45, 2.75) is 26.8 Å². The van der Waals surface area contributed by atoms with Gasteiger partial charge < -0.3 is 4.52 Å². The fourth-order valence-corrected chi connectivity index (χ4v) is 2.91. The number of Topliss-reactive ketones (excluding diaryl/α,β-unsaturated/α-hetero) is 1. The van der Waals surface area contributed by atoms with Gasteiger partial charge in [-0.15, -0.1) is 0 Å². The summed E-state index contributed by atoms with van der Waals surface area (Å²) in [4.78, 5) is 35.4. The van der Waals surface area contributed by atoms with E-state index in [4.69, 9.17) is 4.52 Å². The number of carbonyl (C=O) groups excluding carboxylic acids is 1. The highest BCUT2D eigenvalue weighted by atomic mass is 31.2. The molecule has 0 aliphatic carbocycles. The fourth-order valence-electron chi connectivity index (χ4n) is 2.50. The van der Waals surface area contributed by atoms with E-state index in [2.05, 4.69) is 11.6 Å². The van der Waals surface area contributed by atoms with Crippen molar-refractivity contribution < 1.29 is 23.7 Å². The number of benzene rings is 2. The zero-order valence-electron chi connectivity index (χ0n) is 16.1. The Bertz CT molecular complexity index is 987. The molecule has 7 heteroatoms. The van der Waals surface area contributed by atoms with Gasteiger partial charge in [0.1, 0.15) is 5.75 Å². The molecule has 0 heterocycles.